The van der Waals surface area contributed by atoms with Crippen LogP contribution in [0.2, 0.25) is 0 Å². The van der Waals surface area contributed by atoms with Crippen molar-refractivity contribution < 1.29 is 27.5 Å². The Morgan fingerprint density at radius 1 is 1.20 bits per heavy atom. The summed E-state index contributed by atoms with van der Waals surface area (Å²) < 4.78 is 37.8. The van der Waals surface area contributed by atoms with Crippen molar-refractivity contribution in [2.45, 2.75) is 55.2 Å². The molecule has 0 radical (unpaired) electrons. The Balaban J connectivity index is 1.89. The van der Waals surface area contributed by atoms with Gasteiger partial charge in [0.2, 0.25) is 5.91 Å². The molecule has 6 nitrogen and oxygen atoms in total. The van der Waals surface area contributed by atoms with Gasteiger partial charge in [0.1, 0.15) is 5.82 Å². The summed E-state index contributed by atoms with van der Waals surface area (Å²) in [5, 5.41) is 10.8. The van der Waals surface area contributed by atoms with Gasteiger partial charge >= 0.3 is 5.97 Å². The SMILES string of the molecule is CC(CC(=O)NC1CCC(C(=O)O)CC1)S(=O)(=O)c1ccc(F)cc1. The average molecular weight is 371 g/mol. The number of carbonyl (C=O) groups excluding carboxylic acids is 1. The normalized spacial score (nSPS) is 22.2. The summed E-state index contributed by atoms with van der Waals surface area (Å²) >= 11 is 0. The summed E-state index contributed by atoms with van der Waals surface area (Å²) in [5.74, 6) is -2.09. The maximum absolute atomic E-state index is 12.9. The lowest BCUT2D eigenvalue weighted by Gasteiger charge is -2.27. The summed E-state index contributed by atoms with van der Waals surface area (Å²) in [6, 6.07) is 4.39. The smallest absolute Gasteiger partial charge is 0.306 e. The second kappa shape index (κ2) is 7.95. The summed E-state index contributed by atoms with van der Waals surface area (Å²) in [7, 11) is -3.72. The molecule has 1 fully saturated rings. The van der Waals surface area contributed by atoms with Gasteiger partial charge in [0.15, 0.2) is 9.84 Å². The van der Waals surface area contributed by atoms with Crippen molar-refractivity contribution in [2.75, 3.05) is 0 Å². The van der Waals surface area contributed by atoms with E-state index in [1.807, 2.05) is 0 Å². The highest BCUT2D eigenvalue weighted by atomic mass is 32.2. The summed E-state index contributed by atoms with van der Waals surface area (Å²) in [5.41, 5.74) is 0. The average Bonchev–Trinajstić information content (AvgIpc) is 2.55. The molecule has 1 aromatic carbocycles. The van der Waals surface area contributed by atoms with Gasteiger partial charge in [-0.1, -0.05) is 0 Å². The number of carboxylic acid groups (broad SMARTS) is 1. The topological polar surface area (TPSA) is 101 Å². The molecule has 0 saturated heterocycles. The van der Waals surface area contributed by atoms with Crippen molar-refractivity contribution in [1.29, 1.82) is 0 Å². The third-order valence-electron chi connectivity index (χ3n) is 4.59. The zero-order valence-electron chi connectivity index (χ0n) is 13.9. The quantitative estimate of drug-likeness (QED) is 0.746. The molecule has 0 spiro atoms. The Kier molecular flexibility index (Phi) is 6.16. The zero-order chi connectivity index (χ0) is 18.6. The molecule has 1 aliphatic carbocycles. The summed E-state index contributed by atoms with van der Waals surface area (Å²) in [6.45, 7) is 1.44. The molecule has 0 aliphatic heterocycles. The fourth-order valence-corrected chi connectivity index (χ4v) is 4.35. The largest absolute Gasteiger partial charge is 0.481 e. The number of hydrogen-bond donors (Lipinski definition) is 2. The molecular formula is C17H22FNO5S. The van der Waals surface area contributed by atoms with E-state index in [0.717, 1.165) is 12.1 Å². The number of rotatable bonds is 6. The van der Waals surface area contributed by atoms with E-state index in [4.69, 9.17) is 5.11 Å². The van der Waals surface area contributed by atoms with E-state index in [-0.39, 0.29) is 29.2 Å². The molecule has 138 valence electrons. The van der Waals surface area contributed by atoms with Crippen LogP contribution in [0.4, 0.5) is 4.39 Å². The first-order valence-corrected chi connectivity index (χ1v) is 9.76. The molecule has 2 rings (SSSR count). The number of halogens is 1. The molecule has 2 N–H and O–H groups in total. The van der Waals surface area contributed by atoms with Gasteiger partial charge in [-0.3, -0.25) is 9.59 Å². The molecule has 1 unspecified atom stereocenters. The minimum absolute atomic E-state index is 0.0174. The molecule has 1 saturated carbocycles. The van der Waals surface area contributed by atoms with Crippen LogP contribution in [0.15, 0.2) is 29.2 Å². The van der Waals surface area contributed by atoms with Crippen LogP contribution in [-0.4, -0.2) is 36.7 Å². The minimum Gasteiger partial charge on any atom is -0.481 e. The van der Waals surface area contributed by atoms with Crippen LogP contribution in [0.5, 0.6) is 0 Å². The fraction of sp³-hybridized carbons (Fsp3) is 0.529. The van der Waals surface area contributed by atoms with E-state index in [0.29, 0.717) is 25.7 Å². The van der Waals surface area contributed by atoms with Crippen LogP contribution in [0.25, 0.3) is 0 Å². The van der Waals surface area contributed by atoms with Crippen molar-refractivity contribution in [3.05, 3.63) is 30.1 Å². The molecule has 1 amide bonds. The van der Waals surface area contributed by atoms with Gasteiger partial charge in [0, 0.05) is 12.5 Å². The summed E-state index contributed by atoms with van der Waals surface area (Å²) in [6.07, 6.45) is 1.95. The van der Waals surface area contributed by atoms with Crippen LogP contribution in [0.1, 0.15) is 39.0 Å². The van der Waals surface area contributed by atoms with E-state index in [2.05, 4.69) is 5.32 Å². The Hall–Kier alpha value is -1.96. The number of carboxylic acids is 1. The first kappa shape index (κ1) is 19.4. The first-order valence-electron chi connectivity index (χ1n) is 8.21. The molecule has 0 heterocycles. The predicted octanol–water partition coefficient (Wildman–Crippen LogP) is 2.14. The standard InChI is InChI=1S/C17H22FNO5S/c1-11(25(23,24)15-8-4-13(18)5-9-15)10-16(20)19-14-6-2-12(3-7-14)17(21)22/h4-5,8-9,11-12,14H,2-3,6-7,10H2,1H3,(H,19,20)(H,21,22). The van der Waals surface area contributed by atoms with E-state index < -0.39 is 26.9 Å². The Labute approximate surface area is 146 Å². The number of benzene rings is 1. The number of sulfone groups is 1. The van der Waals surface area contributed by atoms with Gasteiger partial charge in [0.25, 0.3) is 0 Å². The molecule has 0 bridgehead atoms. The third-order valence-corrected chi connectivity index (χ3v) is 6.74. The molecule has 0 aromatic heterocycles. The van der Waals surface area contributed by atoms with Crippen molar-refractivity contribution in [1.82, 2.24) is 5.32 Å². The van der Waals surface area contributed by atoms with Gasteiger partial charge in [-0.15, -0.1) is 0 Å². The lowest BCUT2D eigenvalue weighted by Crippen LogP contribution is -2.40. The maximum atomic E-state index is 12.9. The molecule has 1 aromatic rings. The van der Waals surface area contributed by atoms with Gasteiger partial charge in [-0.25, -0.2) is 12.8 Å². The van der Waals surface area contributed by atoms with Gasteiger partial charge in [0.05, 0.1) is 16.1 Å². The van der Waals surface area contributed by atoms with Crippen molar-refractivity contribution in [2.24, 2.45) is 5.92 Å². The van der Waals surface area contributed by atoms with E-state index >= 15 is 0 Å². The minimum atomic E-state index is -3.72. The summed E-state index contributed by atoms with van der Waals surface area (Å²) in [4.78, 5) is 23.0. The highest BCUT2D eigenvalue weighted by Gasteiger charge is 2.29. The second-order valence-electron chi connectivity index (χ2n) is 6.47. The second-order valence-corrected chi connectivity index (χ2v) is 8.83. The monoisotopic (exact) mass is 371 g/mol. The fourth-order valence-electron chi connectivity index (χ4n) is 3.00. The Bertz CT molecular complexity index is 724. The molecular weight excluding hydrogens is 349 g/mol. The maximum Gasteiger partial charge on any atom is 0.306 e. The molecule has 8 heteroatoms. The number of amides is 1. The van der Waals surface area contributed by atoms with Crippen LogP contribution >= 0.6 is 0 Å². The van der Waals surface area contributed by atoms with E-state index in [1.54, 1.807) is 0 Å². The van der Waals surface area contributed by atoms with E-state index in [9.17, 15) is 22.4 Å². The van der Waals surface area contributed by atoms with Crippen LogP contribution in [-0.2, 0) is 19.4 Å². The van der Waals surface area contributed by atoms with Crippen LogP contribution in [0.3, 0.4) is 0 Å². The number of aliphatic carboxylic acids is 1. The first-order chi connectivity index (χ1) is 11.7. The molecule has 25 heavy (non-hydrogen) atoms. The highest BCUT2D eigenvalue weighted by molar-refractivity contribution is 7.92. The Morgan fingerprint density at radius 3 is 2.28 bits per heavy atom. The lowest BCUT2D eigenvalue weighted by atomic mass is 9.86. The van der Waals surface area contributed by atoms with Gasteiger partial charge in [-0.2, -0.15) is 0 Å². The highest BCUT2D eigenvalue weighted by Crippen LogP contribution is 2.25. The van der Waals surface area contributed by atoms with Crippen molar-refractivity contribution in [3.63, 3.8) is 0 Å². The predicted molar refractivity (Wildman–Crippen MR) is 89.2 cm³/mol. The van der Waals surface area contributed by atoms with Gasteiger partial charge in [-0.05, 0) is 56.9 Å². The number of nitrogens with one attached hydrogen (secondary N) is 1. The van der Waals surface area contributed by atoms with Crippen LogP contribution in [0, 0.1) is 11.7 Å². The zero-order valence-corrected chi connectivity index (χ0v) is 14.8. The van der Waals surface area contributed by atoms with Gasteiger partial charge < -0.3 is 10.4 Å². The van der Waals surface area contributed by atoms with Crippen LogP contribution < -0.4 is 5.32 Å². The number of carbonyl (C=O) groups is 2. The molecule has 1 aliphatic rings. The lowest BCUT2D eigenvalue weighted by molar-refractivity contribution is -0.142. The van der Waals surface area contributed by atoms with Crippen molar-refractivity contribution in [3.8, 4) is 0 Å². The number of hydrogen-bond acceptors (Lipinski definition) is 4. The Morgan fingerprint density at radius 2 is 1.76 bits per heavy atom. The third kappa shape index (κ3) is 5.01. The molecule has 1 atom stereocenters. The van der Waals surface area contributed by atoms with Crippen molar-refractivity contribution >= 4 is 21.7 Å². The van der Waals surface area contributed by atoms with E-state index in [1.165, 1.54) is 19.1 Å².